The minimum atomic E-state index is -3.67. The lowest BCUT2D eigenvalue weighted by Crippen LogP contribution is -2.28. The average Bonchev–Trinajstić information content (AvgIpc) is 3.49. The zero-order chi connectivity index (χ0) is 20.9. The van der Waals surface area contributed by atoms with Crippen molar-refractivity contribution in [2.24, 2.45) is 0 Å². The van der Waals surface area contributed by atoms with Crippen molar-refractivity contribution in [1.82, 2.24) is 14.3 Å². The van der Waals surface area contributed by atoms with Crippen molar-refractivity contribution in [3.63, 3.8) is 0 Å². The maximum absolute atomic E-state index is 12.4. The zero-order valence-electron chi connectivity index (χ0n) is 16.4. The first-order chi connectivity index (χ1) is 13.8. The van der Waals surface area contributed by atoms with E-state index in [1.165, 1.54) is 29.8 Å². The molecule has 9 heteroatoms. The van der Waals surface area contributed by atoms with Crippen LogP contribution in [0.4, 0.5) is 0 Å². The molecule has 1 aliphatic rings. The van der Waals surface area contributed by atoms with Gasteiger partial charge in [0.15, 0.2) is 0 Å². The molecule has 0 radical (unpaired) electrons. The third kappa shape index (κ3) is 6.61. The quantitative estimate of drug-likeness (QED) is 0.524. The molecule has 2 aromatic rings. The second-order valence-electron chi connectivity index (χ2n) is 7.34. The average molecular weight is 438 g/mol. The van der Waals surface area contributed by atoms with Gasteiger partial charge >= 0.3 is 0 Å². The van der Waals surface area contributed by atoms with E-state index in [2.05, 4.69) is 26.5 Å². The number of hydrogen-bond acceptors (Lipinski definition) is 5. The number of nitrogens with one attached hydrogen (secondary N) is 2. The van der Waals surface area contributed by atoms with Crippen molar-refractivity contribution in [2.45, 2.75) is 41.6 Å². The van der Waals surface area contributed by atoms with Gasteiger partial charge < -0.3 is 4.90 Å². The fourth-order valence-electron chi connectivity index (χ4n) is 2.90. The van der Waals surface area contributed by atoms with Crippen LogP contribution in [0, 0.1) is 0 Å². The zero-order valence-corrected chi connectivity index (χ0v) is 18.0. The van der Waals surface area contributed by atoms with Gasteiger partial charge in [-0.25, -0.2) is 26.3 Å². The van der Waals surface area contributed by atoms with Gasteiger partial charge in [0.25, 0.3) is 0 Å². The highest BCUT2D eigenvalue weighted by molar-refractivity contribution is 7.90. The summed E-state index contributed by atoms with van der Waals surface area (Å²) in [4.78, 5) is 2.27. The lowest BCUT2D eigenvalue weighted by atomic mass is 10.2. The summed E-state index contributed by atoms with van der Waals surface area (Å²) in [5, 5.41) is 0. The van der Waals surface area contributed by atoms with Crippen molar-refractivity contribution >= 4 is 20.0 Å². The van der Waals surface area contributed by atoms with Gasteiger partial charge in [-0.3, -0.25) is 0 Å². The maximum Gasteiger partial charge on any atom is 0.240 e. The predicted octanol–water partition coefficient (Wildman–Crippen LogP) is 1.93. The van der Waals surface area contributed by atoms with Gasteiger partial charge in [0.2, 0.25) is 20.0 Å². The first-order valence-electron chi connectivity index (χ1n) is 9.61. The van der Waals surface area contributed by atoms with Crippen LogP contribution in [0.2, 0.25) is 0 Å². The fourth-order valence-corrected chi connectivity index (χ4v) is 5.28. The molecule has 0 aliphatic heterocycles. The Balaban J connectivity index is 1.47. The Bertz CT molecular complexity index is 1000. The van der Waals surface area contributed by atoms with Crippen molar-refractivity contribution in [3.05, 3.63) is 60.2 Å². The molecule has 0 aromatic heterocycles. The highest BCUT2D eigenvalue weighted by atomic mass is 32.2. The van der Waals surface area contributed by atoms with Crippen LogP contribution >= 0.6 is 0 Å². The first-order valence-corrected chi connectivity index (χ1v) is 12.6. The van der Waals surface area contributed by atoms with Gasteiger partial charge in [0.05, 0.1) is 9.79 Å². The molecular formula is C20H27N3O4S2. The molecule has 7 nitrogen and oxygen atoms in total. The van der Waals surface area contributed by atoms with Gasteiger partial charge in [0.1, 0.15) is 0 Å². The number of benzene rings is 2. The van der Waals surface area contributed by atoms with Crippen LogP contribution in [-0.2, 0) is 26.6 Å². The molecule has 0 saturated heterocycles. The molecule has 1 aliphatic carbocycles. The molecule has 1 saturated carbocycles. The van der Waals surface area contributed by atoms with Crippen molar-refractivity contribution < 1.29 is 16.8 Å². The Labute approximate surface area is 173 Å². The maximum atomic E-state index is 12.4. The summed E-state index contributed by atoms with van der Waals surface area (Å²) in [6.45, 7) is 1.87. The summed E-state index contributed by atoms with van der Waals surface area (Å²) in [5.41, 5.74) is 1.21. The van der Waals surface area contributed by atoms with Crippen molar-refractivity contribution in [2.75, 3.05) is 20.1 Å². The SMILES string of the molecule is CN(CCCNS(=O)(=O)c1ccc(S(=O)(=O)NC2CC2)cc1)Cc1ccccc1. The molecule has 29 heavy (non-hydrogen) atoms. The predicted molar refractivity (Wildman–Crippen MR) is 112 cm³/mol. The number of hydrogen-bond donors (Lipinski definition) is 2. The third-order valence-corrected chi connectivity index (χ3v) is 7.66. The molecule has 0 atom stereocenters. The summed E-state index contributed by atoms with van der Waals surface area (Å²) >= 11 is 0. The van der Waals surface area contributed by atoms with E-state index < -0.39 is 20.0 Å². The molecule has 0 spiro atoms. The summed E-state index contributed by atoms with van der Waals surface area (Å²) in [5.74, 6) is 0. The Morgan fingerprint density at radius 3 is 2.07 bits per heavy atom. The van der Waals surface area contributed by atoms with E-state index >= 15 is 0 Å². The van der Waals surface area contributed by atoms with E-state index in [0.717, 1.165) is 25.9 Å². The van der Waals surface area contributed by atoms with Crippen LogP contribution < -0.4 is 9.44 Å². The Morgan fingerprint density at radius 2 is 1.48 bits per heavy atom. The van der Waals surface area contributed by atoms with Crippen LogP contribution in [0.5, 0.6) is 0 Å². The molecule has 0 unspecified atom stereocenters. The van der Waals surface area contributed by atoms with Crippen molar-refractivity contribution in [1.29, 1.82) is 0 Å². The molecule has 0 amide bonds. The number of rotatable bonds is 11. The summed E-state index contributed by atoms with van der Waals surface area (Å²) < 4.78 is 54.3. The van der Waals surface area contributed by atoms with Crippen LogP contribution in [-0.4, -0.2) is 47.9 Å². The summed E-state index contributed by atoms with van der Waals surface area (Å²) in [6, 6.07) is 15.4. The topological polar surface area (TPSA) is 95.6 Å². The fraction of sp³-hybridized carbons (Fsp3) is 0.400. The van der Waals surface area contributed by atoms with E-state index in [-0.39, 0.29) is 15.8 Å². The second kappa shape index (κ2) is 9.36. The largest absolute Gasteiger partial charge is 0.302 e. The van der Waals surface area contributed by atoms with Crippen LogP contribution in [0.25, 0.3) is 0 Å². The van der Waals surface area contributed by atoms with Gasteiger partial charge in [-0.1, -0.05) is 30.3 Å². The van der Waals surface area contributed by atoms with Gasteiger partial charge in [-0.05, 0) is 62.7 Å². The molecular weight excluding hydrogens is 410 g/mol. The van der Waals surface area contributed by atoms with Gasteiger partial charge in [-0.2, -0.15) is 0 Å². The first kappa shape index (κ1) is 21.9. The summed E-state index contributed by atoms with van der Waals surface area (Å²) in [6.07, 6.45) is 2.35. The lowest BCUT2D eigenvalue weighted by Gasteiger charge is -2.16. The van der Waals surface area contributed by atoms with Crippen LogP contribution in [0.1, 0.15) is 24.8 Å². The minimum Gasteiger partial charge on any atom is -0.302 e. The van der Waals surface area contributed by atoms with Crippen LogP contribution in [0.15, 0.2) is 64.4 Å². The monoisotopic (exact) mass is 437 g/mol. The molecule has 2 aromatic carbocycles. The van der Waals surface area contributed by atoms with Gasteiger partial charge in [-0.15, -0.1) is 0 Å². The van der Waals surface area contributed by atoms with Crippen LogP contribution in [0.3, 0.4) is 0 Å². The van der Waals surface area contributed by atoms with Crippen molar-refractivity contribution in [3.8, 4) is 0 Å². The van der Waals surface area contributed by atoms with E-state index in [0.29, 0.717) is 13.0 Å². The van der Waals surface area contributed by atoms with Gasteiger partial charge in [0, 0.05) is 19.1 Å². The second-order valence-corrected chi connectivity index (χ2v) is 10.8. The smallest absolute Gasteiger partial charge is 0.240 e. The molecule has 2 N–H and O–H groups in total. The minimum absolute atomic E-state index is 0.00472. The Kier molecular flexibility index (Phi) is 7.07. The van der Waals surface area contributed by atoms with E-state index in [4.69, 9.17) is 0 Å². The van der Waals surface area contributed by atoms with E-state index in [9.17, 15) is 16.8 Å². The molecule has 0 bridgehead atoms. The third-order valence-electron chi connectivity index (χ3n) is 4.65. The number of sulfonamides is 2. The lowest BCUT2D eigenvalue weighted by molar-refractivity contribution is 0.322. The standard InChI is InChI=1S/C20H27N3O4S2/c1-23(16-17-6-3-2-4-7-17)15-5-14-21-28(24,25)19-10-12-20(13-11-19)29(26,27)22-18-8-9-18/h2-4,6-7,10-13,18,21-22H,5,8-9,14-16H2,1H3. The van der Waals surface area contributed by atoms with E-state index in [1.807, 2.05) is 25.2 Å². The Hall–Kier alpha value is -1.78. The molecule has 158 valence electrons. The molecule has 0 heterocycles. The van der Waals surface area contributed by atoms with E-state index in [1.54, 1.807) is 0 Å². The highest BCUT2D eigenvalue weighted by Gasteiger charge is 2.28. The molecule has 3 rings (SSSR count). The molecule has 1 fully saturated rings. The highest BCUT2D eigenvalue weighted by Crippen LogP contribution is 2.22. The Morgan fingerprint density at radius 1 is 0.897 bits per heavy atom. The number of nitrogens with zero attached hydrogens (tertiary/aromatic N) is 1. The normalized spacial score (nSPS) is 15.0. The summed E-state index contributed by atoms with van der Waals surface area (Å²) in [7, 11) is -5.26.